The summed E-state index contributed by atoms with van der Waals surface area (Å²) in [6.45, 7) is 6.63. The summed E-state index contributed by atoms with van der Waals surface area (Å²) in [5.41, 5.74) is 3.33. The lowest BCUT2D eigenvalue weighted by atomic mass is 10.0. The Morgan fingerprint density at radius 2 is 1.86 bits per heavy atom. The highest BCUT2D eigenvalue weighted by atomic mass is 32.2. The van der Waals surface area contributed by atoms with E-state index in [1.807, 2.05) is 18.2 Å². The maximum Gasteiger partial charge on any atom is 0.257 e. The number of nitrogens with zero attached hydrogens (tertiary/aromatic N) is 2. The fourth-order valence-corrected chi connectivity index (χ4v) is 8.00. The van der Waals surface area contributed by atoms with Gasteiger partial charge in [0, 0.05) is 23.5 Å². The Morgan fingerprint density at radius 3 is 2.63 bits per heavy atom. The summed E-state index contributed by atoms with van der Waals surface area (Å²) in [7, 11) is -3.54. The van der Waals surface area contributed by atoms with Gasteiger partial charge in [0.1, 0.15) is 10.0 Å². The average molecular weight is 526 g/mol. The molecular formula is C26H27N3O3S3. The van der Waals surface area contributed by atoms with Crippen molar-refractivity contribution in [2.45, 2.75) is 38.1 Å². The number of benzene rings is 2. The number of hydrogen-bond donors (Lipinski definition) is 1. The number of para-hydroxylation sites is 1. The molecule has 0 atom stereocenters. The monoisotopic (exact) mass is 525 g/mol. The van der Waals surface area contributed by atoms with E-state index in [4.69, 9.17) is 4.98 Å². The van der Waals surface area contributed by atoms with E-state index in [1.54, 1.807) is 47.8 Å². The standard InChI is InChI=1S/C26H27N3O3S3/c1-3-14-29-15-13-17-21(16-29)34-26(23(17)25-27-19-10-6-7-11-20(19)33-25)28-24(30)18-9-5-8-12-22(18)35(31,32)4-2/h5-12H,3-4,13-16H2,1-2H3,(H,28,30). The summed E-state index contributed by atoms with van der Waals surface area (Å²) < 4.78 is 26.4. The first kappa shape index (κ1) is 24.1. The third kappa shape index (κ3) is 4.65. The molecule has 1 aliphatic rings. The number of anilines is 1. The molecule has 0 saturated heterocycles. The molecule has 5 rings (SSSR count). The topological polar surface area (TPSA) is 79.4 Å². The zero-order valence-electron chi connectivity index (χ0n) is 19.7. The van der Waals surface area contributed by atoms with E-state index in [-0.39, 0.29) is 16.2 Å². The fourth-order valence-electron chi connectivity index (χ4n) is 4.51. The maximum atomic E-state index is 13.4. The molecule has 0 saturated carbocycles. The van der Waals surface area contributed by atoms with E-state index in [0.29, 0.717) is 0 Å². The molecule has 0 spiro atoms. The summed E-state index contributed by atoms with van der Waals surface area (Å²) in [4.78, 5) is 22.1. The smallest absolute Gasteiger partial charge is 0.257 e. The van der Waals surface area contributed by atoms with Crippen LogP contribution in [0.25, 0.3) is 20.8 Å². The van der Waals surface area contributed by atoms with E-state index in [2.05, 4.69) is 23.2 Å². The number of sulfone groups is 1. The number of hydrogen-bond acceptors (Lipinski definition) is 7. The highest BCUT2D eigenvalue weighted by Crippen LogP contribution is 2.46. The molecule has 1 N–H and O–H groups in total. The van der Waals surface area contributed by atoms with Crippen LogP contribution in [0.5, 0.6) is 0 Å². The van der Waals surface area contributed by atoms with Crippen molar-refractivity contribution in [2.24, 2.45) is 0 Å². The Balaban J connectivity index is 1.58. The van der Waals surface area contributed by atoms with Crippen molar-refractivity contribution in [3.05, 3.63) is 64.5 Å². The molecule has 9 heteroatoms. The molecular weight excluding hydrogens is 499 g/mol. The summed E-state index contributed by atoms with van der Waals surface area (Å²) in [5.74, 6) is -0.474. The van der Waals surface area contributed by atoms with Crippen LogP contribution in [-0.2, 0) is 22.8 Å². The number of nitrogens with one attached hydrogen (secondary N) is 1. The third-order valence-corrected chi connectivity index (χ3v) is 10.2. The molecule has 3 heterocycles. The Bertz CT molecular complexity index is 1470. The summed E-state index contributed by atoms with van der Waals surface area (Å²) in [6.07, 6.45) is 1.99. The van der Waals surface area contributed by atoms with E-state index >= 15 is 0 Å². The first-order valence-corrected chi connectivity index (χ1v) is 15.1. The summed E-state index contributed by atoms with van der Waals surface area (Å²) in [6, 6.07) is 14.5. The van der Waals surface area contributed by atoms with Crippen molar-refractivity contribution in [3.8, 4) is 10.6 Å². The largest absolute Gasteiger partial charge is 0.313 e. The van der Waals surface area contributed by atoms with Crippen LogP contribution in [0.15, 0.2) is 53.4 Å². The molecule has 0 unspecified atom stereocenters. The first-order valence-electron chi connectivity index (χ1n) is 11.8. The maximum absolute atomic E-state index is 13.4. The second-order valence-corrected chi connectivity index (χ2v) is 13.0. The Hall–Kier alpha value is -2.59. The van der Waals surface area contributed by atoms with Crippen LogP contribution in [0.4, 0.5) is 5.00 Å². The molecule has 1 amide bonds. The van der Waals surface area contributed by atoms with Gasteiger partial charge in [0.2, 0.25) is 0 Å². The number of thiophene rings is 1. The Kier molecular flexibility index (Phi) is 6.76. The molecule has 0 fully saturated rings. The number of carbonyl (C=O) groups is 1. The van der Waals surface area contributed by atoms with Gasteiger partial charge in [-0.25, -0.2) is 13.4 Å². The second-order valence-electron chi connectivity index (χ2n) is 8.57. The first-order chi connectivity index (χ1) is 16.9. The molecule has 0 radical (unpaired) electrons. The highest BCUT2D eigenvalue weighted by Gasteiger charge is 2.29. The normalized spacial score (nSPS) is 14.2. The molecule has 2 aromatic carbocycles. The SMILES string of the molecule is CCCN1CCc2c(sc(NC(=O)c3ccccc3S(=O)(=O)CC)c2-c2nc3ccccc3s2)C1. The zero-order chi connectivity index (χ0) is 24.6. The molecule has 4 aromatic rings. The Labute approximate surface area is 213 Å². The van der Waals surface area contributed by atoms with E-state index < -0.39 is 15.7 Å². The van der Waals surface area contributed by atoms with Gasteiger partial charge in [0.05, 0.1) is 26.4 Å². The second kappa shape index (κ2) is 9.81. The minimum absolute atomic E-state index is 0.0607. The number of fused-ring (bicyclic) bond motifs is 2. The van der Waals surface area contributed by atoms with Crippen molar-refractivity contribution in [1.29, 1.82) is 0 Å². The van der Waals surface area contributed by atoms with Gasteiger partial charge in [-0.3, -0.25) is 9.69 Å². The van der Waals surface area contributed by atoms with Crippen LogP contribution in [0.2, 0.25) is 0 Å². The third-order valence-electron chi connectivity index (χ3n) is 6.26. The van der Waals surface area contributed by atoms with Crippen molar-refractivity contribution >= 4 is 53.6 Å². The van der Waals surface area contributed by atoms with Gasteiger partial charge in [-0.1, -0.05) is 38.1 Å². The van der Waals surface area contributed by atoms with Gasteiger partial charge in [-0.05, 0) is 49.2 Å². The van der Waals surface area contributed by atoms with Gasteiger partial charge < -0.3 is 5.32 Å². The van der Waals surface area contributed by atoms with E-state index in [9.17, 15) is 13.2 Å². The van der Waals surface area contributed by atoms with Crippen molar-refractivity contribution in [1.82, 2.24) is 9.88 Å². The minimum Gasteiger partial charge on any atom is -0.313 e. The summed E-state index contributed by atoms with van der Waals surface area (Å²) in [5, 5.41) is 4.70. The van der Waals surface area contributed by atoms with Crippen LogP contribution in [0.3, 0.4) is 0 Å². The molecule has 1 aliphatic heterocycles. The molecule has 182 valence electrons. The predicted molar refractivity (Wildman–Crippen MR) is 144 cm³/mol. The van der Waals surface area contributed by atoms with Gasteiger partial charge >= 0.3 is 0 Å². The number of rotatable bonds is 7. The average Bonchev–Trinajstić information content (AvgIpc) is 3.44. The van der Waals surface area contributed by atoms with Gasteiger partial charge in [0.25, 0.3) is 5.91 Å². The van der Waals surface area contributed by atoms with Gasteiger partial charge in [-0.15, -0.1) is 22.7 Å². The highest BCUT2D eigenvalue weighted by molar-refractivity contribution is 7.91. The van der Waals surface area contributed by atoms with Gasteiger partial charge in [-0.2, -0.15) is 0 Å². The molecule has 0 aliphatic carbocycles. The van der Waals surface area contributed by atoms with Crippen LogP contribution < -0.4 is 5.32 Å². The molecule has 6 nitrogen and oxygen atoms in total. The lowest BCUT2D eigenvalue weighted by Crippen LogP contribution is -2.30. The molecule has 2 aromatic heterocycles. The molecule has 0 bridgehead atoms. The predicted octanol–water partition coefficient (Wildman–Crippen LogP) is 5.84. The van der Waals surface area contributed by atoms with E-state index in [1.165, 1.54) is 16.5 Å². The molecule has 35 heavy (non-hydrogen) atoms. The quantitative estimate of drug-likeness (QED) is 0.328. The fraction of sp³-hybridized carbons (Fsp3) is 0.308. The minimum atomic E-state index is -3.54. The number of amides is 1. The zero-order valence-corrected chi connectivity index (χ0v) is 22.2. The summed E-state index contributed by atoms with van der Waals surface area (Å²) >= 11 is 3.20. The lowest BCUT2D eigenvalue weighted by molar-refractivity contribution is 0.102. The van der Waals surface area contributed by atoms with Crippen LogP contribution >= 0.6 is 22.7 Å². The van der Waals surface area contributed by atoms with Crippen molar-refractivity contribution < 1.29 is 13.2 Å². The van der Waals surface area contributed by atoms with Crippen molar-refractivity contribution in [3.63, 3.8) is 0 Å². The van der Waals surface area contributed by atoms with Crippen LogP contribution in [0.1, 0.15) is 41.1 Å². The van der Waals surface area contributed by atoms with Gasteiger partial charge in [0.15, 0.2) is 9.84 Å². The van der Waals surface area contributed by atoms with Crippen LogP contribution in [-0.4, -0.2) is 43.1 Å². The lowest BCUT2D eigenvalue weighted by Gasteiger charge is -2.26. The number of carbonyl (C=O) groups excluding carboxylic acids is 1. The Morgan fingerprint density at radius 1 is 1.09 bits per heavy atom. The number of aromatic nitrogens is 1. The van der Waals surface area contributed by atoms with E-state index in [0.717, 1.165) is 58.3 Å². The van der Waals surface area contributed by atoms with Crippen molar-refractivity contribution in [2.75, 3.05) is 24.2 Å². The van der Waals surface area contributed by atoms with Crippen LogP contribution in [0, 0.1) is 0 Å². The number of thiazole rings is 1.